The van der Waals surface area contributed by atoms with Gasteiger partial charge in [-0.15, -0.1) is 0 Å². The van der Waals surface area contributed by atoms with E-state index in [9.17, 15) is 4.79 Å². The van der Waals surface area contributed by atoms with E-state index in [1.54, 1.807) is 25.1 Å². The normalized spacial score (nSPS) is 12.7. The van der Waals surface area contributed by atoms with Crippen LogP contribution in [0.15, 0.2) is 23.4 Å². The lowest BCUT2D eigenvalue weighted by Crippen LogP contribution is -2.36. The molecule has 110 valence electrons. The predicted octanol–water partition coefficient (Wildman–Crippen LogP) is 0.959. The van der Waals surface area contributed by atoms with E-state index in [2.05, 4.69) is 10.5 Å². The van der Waals surface area contributed by atoms with Crippen LogP contribution < -0.4 is 20.5 Å². The molecule has 0 radical (unpaired) electrons. The molecule has 0 saturated carbocycles. The van der Waals surface area contributed by atoms with Crippen LogP contribution in [-0.2, 0) is 0 Å². The Kier molecular flexibility index (Phi) is 5.64. The van der Waals surface area contributed by atoms with Crippen molar-refractivity contribution in [3.8, 4) is 11.5 Å². The van der Waals surface area contributed by atoms with E-state index in [0.29, 0.717) is 17.1 Å². The standard InChI is InChI=1S/C13H19N3O4/c1-8(6-12(14)16-18)15-13(17)10-7-9(19-2)4-5-11(10)20-3/h4-5,7-8,18H,6H2,1-3H3,(H2,14,16)(H,15,17). The fourth-order valence-electron chi connectivity index (χ4n) is 1.70. The summed E-state index contributed by atoms with van der Waals surface area (Å²) in [7, 11) is 3.00. The molecule has 0 fully saturated rings. The van der Waals surface area contributed by atoms with Crippen molar-refractivity contribution in [3.63, 3.8) is 0 Å². The summed E-state index contributed by atoms with van der Waals surface area (Å²) in [6.07, 6.45) is 0.245. The summed E-state index contributed by atoms with van der Waals surface area (Å²) < 4.78 is 10.2. The number of benzene rings is 1. The van der Waals surface area contributed by atoms with Gasteiger partial charge in [-0.2, -0.15) is 0 Å². The van der Waals surface area contributed by atoms with Crippen molar-refractivity contribution in [1.29, 1.82) is 0 Å². The van der Waals surface area contributed by atoms with Gasteiger partial charge in [-0.1, -0.05) is 5.16 Å². The topological polar surface area (TPSA) is 106 Å². The van der Waals surface area contributed by atoms with Crippen molar-refractivity contribution in [1.82, 2.24) is 5.32 Å². The first kappa shape index (κ1) is 15.6. The van der Waals surface area contributed by atoms with E-state index in [0.717, 1.165) is 0 Å². The van der Waals surface area contributed by atoms with Crippen molar-refractivity contribution in [2.24, 2.45) is 10.9 Å². The number of nitrogens with zero attached hydrogens (tertiary/aromatic N) is 1. The third kappa shape index (κ3) is 4.04. The van der Waals surface area contributed by atoms with Gasteiger partial charge in [-0.05, 0) is 25.1 Å². The number of methoxy groups -OCH3 is 2. The molecule has 0 heterocycles. The third-order valence-corrected chi connectivity index (χ3v) is 2.67. The first-order valence-electron chi connectivity index (χ1n) is 6.01. The molecule has 0 saturated heterocycles. The summed E-state index contributed by atoms with van der Waals surface area (Å²) >= 11 is 0. The maximum Gasteiger partial charge on any atom is 0.255 e. The second-order valence-corrected chi connectivity index (χ2v) is 4.24. The molecule has 1 rings (SSSR count). The quantitative estimate of drug-likeness (QED) is 0.311. The van der Waals surface area contributed by atoms with Gasteiger partial charge in [0.1, 0.15) is 17.3 Å². The monoisotopic (exact) mass is 281 g/mol. The molecule has 20 heavy (non-hydrogen) atoms. The first-order chi connectivity index (χ1) is 9.51. The van der Waals surface area contributed by atoms with Crippen LogP contribution in [0, 0.1) is 0 Å². The summed E-state index contributed by atoms with van der Waals surface area (Å²) in [5, 5.41) is 14.1. The van der Waals surface area contributed by atoms with Crippen molar-refractivity contribution in [2.45, 2.75) is 19.4 Å². The highest BCUT2D eigenvalue weighted by Gasteiger charge is 2.16. The summed E-state index contributed by atoms with van der Waals surface area (Å²) in [4.78, 5) is 12.2. The number of carbonyl (C=O) groups excluding carboxylic acids is 1. The van der Waals surface area contributed by atoms with Crippen molar-refractivity contribution in [2.75, 3.05) is 14.2 Å². The Balaban J connectivity index is 2.85. The van der Waals surface area contributed by atoms with Gasteiger partial charge in [-0.25, -0.2) is 0 Å². The Morgan fingerprint density at radius 1 is 1.45 bits per heavy atom. The van der Waals surface area contributed by atoms with E-state index in [-0.39, 0.29) is 24.2 Å². The second-order valence-electron chi connectivity index (χ2n) is 4.24. The summed E-state index contributed by atoms with van der Waals surface area (Å²) in [5.74, 6) is 0.730. The molecule has 1 unspecified atom stereocenters. The molecule has 1 aromatic rings. The number of amidine groups is 1. The lowest BCUT2D eigenvalue weighted by Gasteiger charge is -2.15. The molecule has 0 aromatic heterocycles. The largest absolute Gasteiger partial charge is 0.497 e. The number of carbonyl (C=O) groups is 1. The Bertz CT molecular complexity index is 502. The highest BCUT2D eigenvalue weighted by atomic mass is 16.5. The van der Waals surface area contributed by atoms with Crippen molar-refractivity contribution in [3.05, 3.63) is 23.8 Å². The zero-order chi connectivity index (χ0) is 15.1. The van der Waals surface area contributed by atoms with Gasteiger partial charge in [0.2, 0.25) is 0 Å². The molecule has 7 nitrogen and oxygen atoms in total. The number of amides is 1. The molecule has 4 N–H and O–H groups in total. The number of rotatable bonds is 6. The maximum atomic E-state index is 12.2. The van der Waals surface area contributed by atoms with E-state index < -0.39 is 0 Å². The molecular weight excluding hydrogens is 262 g/mol. The zero-order valence-corrected chi connectivity index (χ0v) is 11.7. The van der Waals surface area contributed by atoms with Crippen LogP contribution in [0.5, 0.6) is 11.5 Å². The Labute approximate surface area is 117 Å². The van der Waals surface area contributed by atoms with Gasteiger partial charge in [0.05, 0.1) is 19.8 Å². The van der Waals surface area contributed by atoms with E-state index in [1.807, 2.05) is 0 Å². The molecular formula is C13H19N3O4. The smallest absolute Gasteiger partial charge is 0.255 e. The van der Waals surface area contributed by atoms with Gasteiger partial charge in [0, 0.05) is 12.5 Å². The number of oxime groups is 1. The molecule has 0 aliphatic carbocycles. The average Bonchev–Trinajstić information content (AvgIpc) is 2.45. The van der Waals surface area contributed by atoms with Crippen molar-refractivity contribution >= 4 is 11.7 Å². The van der Waals surface area contributed by atoms with Crippen molar-refractivity contribution < 1.29 is 19.5 Å². The average molecular weight is 281 g/mol. The van der Waals surface area contributed by atoms with E-state index >= 15 is 0 Å². The van der Waals surface area contributed by atoms with Crippen LogP contribution in [0.4, 0.5) is 0 Å². The molecule has 0 spiro atoms. The highest BCUT2D eigenvalue weighted by molar-refractivity contribution is 5.97. The number of nitrogens with two attached hydrogens (primary N) is 1. The minimum atomic E-state index is -0.320. The van der Waals surface area contributed by atoms with Gasteiger partial charge < -0.3 is 25.7 Å². The molecule has 0 aliphatic rings. The number of hydrogen-bond acceptors (Lipinski definition) is 5. The van der Waals surface area contributed by atoms with Gasteiger partial charge in [0.15, 0.2) is 0 Å². The molecule has 7 heteroatoms. The van der Waals surface area contributed by atoms with E-state index in [4.69, 9.17) is 20.4 Å². The highest BCUT2D eigenvalue weighted by Crippen LogP contribution is 2.23. The van der Waals surface area contributed by atoms with Crippen LogP contribution in [0.3, 0.4) is 0 Å². The minimum absolute atomic E-state index is 0.0513. The van der Waals surface area contributed by atoms with Gasteiger partial charge in [-0.3, -0.25) is 4.79 Å². The molecule has 1 atom stereocenters. The van der Waals surface area contributed by atoms with Crippen LogP contribution in [0.2, 0.25) is 0 Å². The molecule has 0 aliphatic heterocycles. The number of hydrogen-bond donors (Lipinski definition) is 3. The second kappa shape index (κ2) is 7.22. The Morgan fingerprint density at radius 3 is 2.70 bits per heavy atom. The third-order valence-electron chi connectivity index (χ3n) is 2.67. The summed E-state index contributed by atoms with van der Waals surface area (Å²) in [5.41, 5.74) is 5.75. The van der Waals surface area contributed by atoms with Gasteiger partial charge >= 0.3 is 0 Å². The molecule has 1 aromatic carbocycles. The fraction of sp³-hybridized carbons (Fsp3) is 0.385. The first-order valence-corrected chi connectivity index (χ1v) is 6.01. The zero-order valence-electron chi connectivity index (χ0n) is 11.7. The predicted molar refractivity (Wildman–Crippen MR) is 74.5 cm³/mol. The lowest BCUT2D eigenvalue weighted by atomic mass is 10.1. The lowest BCUT2D eigenvalue weighted by molar-refractivity contribution is 0.0937. The Morgan fingerprint density at radius 2 is 2.15 bits per heavy atom. The summed E-state index contributed by atoms with van der Waals surface area (Å²) in [6, 6.07) is 4.66. The number of ether oxygens (including phenoxy) is 2. The van der Waals surface area contributed by atoms with Crippen LogP contribution in [-0.4, -0.2) is 37.2 Å². The SMILES string of the molecule is COc1ccc(OC)c(C(=O)NC(C)CC(N)=NO)c1. The summed E-state index contributed by atoms with van der Waals surface area (Å²) in [6.45, 7) is 1.75. The minimum Gasteiger partial charge on any atom is -0.497 e. The molecule has 0 bridgehead atoms. The molecule has 1 amide bonds. The van der Waals surface area contributed by atoms with Gasteiger partial charge in [0.25, 0.3) is 5.91 Å². The van der Waals surface area contributed by atoms with Crippen LogP contribution >= 0.6 is 0 Å². The fourth-order valence-corrected chi connectivity index (χ4v) is 1.70. The Hall–Kier alpha value is -2.44. The van der Waals surface area contributed by atoms with Crippen LogP contribution in [0.1, 0.15) is 23.7 Å². The number of nitrogens with one attached hydrogen (secondary N) is 1. The maximum absolute atomic E-state index is 12.2. The van der Waals surface area contributed by atoms with Crippen LogP contribution in [0.25, 0.3) is 0 Å². The van der Waals surface area contributed by atoms with E-state index in [1.165, 1.54) is 14.2 Å².